The van der Waals surface area contributed by atoms with Crippen LogP contribution in [0, 0.1) is 17.8 Å². The summed E-state index contributed by atoms with van der Waals surface area (Å²) in [6.45, 7) is 5.52. The highest BCUT2D eigenvalue weighted by molar-refractivity contribution is 5.29. The lowest BCUT2D eigenvalue weighted by atomic mass is 9.77. The lowest BCUT2D eigenvalue weighted by molar-refractivity contribution is 0.230. The lowest BCUT2D eigenvalue weighted by Crippen LogP contribution is -2.15. The molecule has 2 saturated carbocycles. The molecule has 0 aliphatic heterocycles. The quantitative estimate of drug-likeness (QED) is 0.261. The number of hydrogen-bond acceptors (Lipinski definition) is 1. The van der Waals surface area contributed by atoms with E-state index < -0.39 is 0 Å². The minimum Gasteiger partial charge on any atom is -0.494 e. The molecule has 0 radical (unpaired) electrons. The molecule has 0 saturated heterocycles. The second-order valence-corrected chi connectivity index (χ2v) is 11.2. The maximum atomic E-state index is 6.09. The van der Waals surface area contributed by atoms with Crippen molar-refractivity contribution in [2.24, 2.45) is 17.8 Å². The first-order valence-corrected chi connectivity index (χ1v) is 14.5. The summed E-state index contributed by atoms with van der Waals surface area (Å²) in [5.41, 5.74) is 1.54. The third-order valence-corrected chi connectivity index (χ3v) is 8.60. The third kappa shape index (κ3) is 9.11. The Balaban J connectivity index is 1.26. The molecule has 0 bridgehead atoms. The van der Waals surface area contributed by atoms with Gasteiger partial charge < -0.3 is 4.74 Å². The van der Waals surface area contributed by atoms with Gasteiger partial charge in [-0.15, -0.1) is 0 Å². The standard InChI is InChI=1S/C31H52O/c1-3-5-6-7-8-11-27-17-19-29(20-18-27)30-21-23-31(24-22-30)32-25-9-12-28-15-13-26(10-4-2)14-16-28/h21-24,26-29H,3-20,25H2,1-2H3/t26-,27-,28-,29-. The molecule has 0 amide bonds. The van der Waals surface area contributed by atoms with Gasteiger partial charge in [0.25, 0.3) is 0 Å². The number of ether oxygens (including phenoxy) is 1. The van der Waals surface area contributed by atoms with Gasteiger partial charge in [0.15, 0.2) is 0 Å². The van der Waals surface area contributed by atoms with Crippen LogP contribution in [0.5, 0.6) is 5.75 Å². The Bertz CT molecular complexity index is 575. The number of hydrogen-bond donors (Lipinski definition) is 0. The molecule has 0 aromatic heterocycles. The fourth-order valence-electron chi connectivity index (χ4n) is 6.44. The molecule has 32 heavy (non-hydrogen) atoms. The van der Waals surface area contributed by atoms with Crippen LogP contribution in [0.15, 0.2) is 24.3 Å². The van der Waals surface area contributed by atoms with E-state index in [-0.39, 0.29) is 0 Å². The van der Waals surface area contributed by atoms with Crippen molar-refractivity contribution in [2.45, 2.75) is 135 Å². The minimum absolute atomic E-state index is 0.781. The van der Waals surface area contributed by atoms with Crippen LogP contribution in [0.4, 0.5) is 0 Å². The van der Waals surface area contributed by atoms with Gasteiger partial charge in [-0.3, -0.25) is 0 Å². The molecule has 2 aliphatic rings. The molecule has 0 heterocycles. The highest BCUT2D eigenvalue weighted by Crippen LogP contribution is 2.38. The SMILES string of the molecule is CCCCCCC[C@H]1CC[C@H](c2ccc(OCCC[C@H]3CC[C@H](CCC)CC3)cc2)CC1. The van der Waals surface area contributed by atoms with Crippen molar-refractivity contribution in [2.75, 3.05) is 6.61 Å². The zero-order valence-electron chi connectivity index (χ0n) is 21.5. The summed E-state index contributed by atoms with van der Waals surface area (Å²) in [7, 11) is 0. The molecule has 182 valence electrons. The van der Waals surface area contributed by atoms with E-state index in [0.717, 1.165) is 36.0 Å². The van der Waals surface area contributed by atoms with E-state index in [0.29, 0.717) is 0 Å². The smallest absolute Gasteiger partial charge is 0.119 e. The first-order valence-electron chi connectivity index (χ1n) is 14.5. The number of unbranched alkanes of at least 4 members (excludes halogenated alkanes) is 4. The van der Waals surface area contributed by atoms with E-state index >= 15 is 0 Å². The number of benzene rings is 1. The van der Waals surface area contributed by atoms with Gasteiger partial charge in [-0.1, -0.05) is 103 Å². The van der Waals surface area contributed by atoms with Crippen molar-refractivity contribution in [3.05, 3.63) is 29.8 Å². The molecule has 0 unspecified atom stereocenters. The third-order valence-electron chi connectivity index (χ3n) is 8.60. The van der Waals surface area contributed by atoms with Crippen LogP contribution < -0.4 is 4.74 Å². The zero-order chi connectivity index (χ0) is 22.4. The molecule has 0 N–H and O–H groups in total. The van der Waals surface area contributed by atoms with Crippen molar-refractivity contribution < 1.29 is 4.74 Å². The van der Waals surface area contributed by atoms with E-state index in [4.69, 9.17) is 4.74 Å². The van der Waals surface area contributed by atoms with Crippen LogP contribution in [-0.2, 0) is 0 Å². The molecule has 1 aromatic rings. The van der Waals surface area contributed by atoms with E-state index in [1.807, 2.05) is 0 Å². The van der Waals surface area contributed by atoms with Gasteiger partial charge in [-0.05, 0) is 79.9 Å². The summed E-state index contributed by atoms with van der Waals surface area (Å²) < 4.78 is 6.09. The maximum absolute atomic E-state index is 6.09. The van der Waals surface area contributed by atoms with Gasteiger partial charge in [0, 0.05) is 0 Å². The Labute approximate surface area is 200 Å². The van der Waals surface area contributed by atoms with E-state index in [1.54, 1.807) is 5.56 Å². The van der Waals surface area contributed by atoms with E-state index in [2.05, 4.69) is 38.1 Å². The molecule has 1 nitrogen and oxygen atoms in total. The highest BCUT2D eigenvalue weighted by atomic mass is 16.5. The van der Waals surface area contributed by atoms with Gasteiger partial charge >= 0.3 is 0 Å². The Morgan fingerprint density at radius 1 is 0.594 bits per heavy atom. The Morgan fingerprint density at radius 2 is 1.16 bits per heavy atom. The molecular weight excluding hydrogens is 388 g/mol. The first-order chi connectivity index (χ1) is 15.8. The largest absolute Gasteiger partial charge is 0.494 e. The van der Waals surface area contributed by atoms with Crippen LogP contribution in [0.3, 0.4) is 0 Å². The molecule has 1 heteroatoms. The monoisotopic (exact) mass is 440 g/mol. The molecule has 3 rings (SSSR count). The average Bonchev–Trinajstić information content (AvgIpc) is 2.84. The predicted octanol–water partition coefficient (Wildman–Crippen LogP) is 10.1. The molecule has 1 aromatic carbocycles. The van der Waals surface area contributed by atoms with Crippen LogP contribution in [-0.4, -0.2) is 6.61 Å². The van der Waals surface area contributed by atoms with Gasteiger partial charge in [0.2, 0.25) is 0 Å². The second-order valence-electron chi connectivity index (χ2n) is 11.2. The van der Waals surface area contributed by atoms with Gasteiger partial charge in [-0.2, -0.15) is 0 Å². The van der Waals surface area contributed by atoms with Crippen LogP contribution >= 0.6 is 0 Å². The van der Waals surface area contributed by atoms with Crippen LogP contribution in [0.2, 0.25) is 0 Å². The molecule has 2 fully saturated rings. The van der Waals surface area contributed by atoms with Gasteiger partial charge in [0.1, 0.15) is 5.75 Å². The van der Waals surface area contributed by atoms with Crippen molar-refractivity contribution in [3.8, 4) is 5.75 Å². The number of rotatable bonds is 14. The van der Waals surface area contributed by atoms with E-state index in [9.17, 15) is 0 Å². The van der Waals surface area contributed by atoms with Gasteiger partial charge in [0.05, 0.1) is 6.61 Å². The van der Waals surface area contributed by atoms with Crippen molar-refractivity contribution >= 4 is 0 Å². The summed E-state index contributed by atoms with van der Waals surface area (Å²) in [5, 5.41) is 0. The zero-order valence-corrected chi connectivity index (χ0v) is 21.5. The van der Waals surface area contributed by atoms with Crippen molar-refractivity contribution in [1.82, 2.24) is 0 Å². The average molecular weight is 441 g/mol. The summed E-state index contributed by atoms with van der Waals surface area (Å²) >= 11 is 0. The minimum atomic E-state index is 0.781. The first kappa shape index (κ1) is 25.6. The highest BCUT2D eigenvalue weighted by Gasteiger charge is 2.22. The summed E-state index contributed by atoms with van der Waals surface area (Å²) in [5.74, 6) is 4.83. The van der Waals surface area contributed by atoms with E-state index in [1.165, 1.54) is 116 Å². The normalized spacial score (nSPS) is 26.2. The Hall–Kier alpha value is -0.980. The van der Waals surface area contributed by atoms with Crippen LogP contribution in [0.25, 0.3) is 0 Å². The fraction of sp³-hybridized carbons (Fsp3) is 0.806. The fourth-order valence-corrected chi connectivity index (χ4v) is 6.44. The van der Waals surface area contributed by atoms with Gasteiger partial charge in [-0.25, -0.2) is 0 Å². The molecule has 0 atom stereocenters. The summed E-state index contributed by atoms with van der Waals surface area (Å²) in [6, 6.07) is 9.15. The second kappa shape index (κ2) is 15.0. The maximum Gasteiger partial charge on any atom is 0.119 e. The topological polar surface area (TPSA) is 9.23 Å². The van der Waals surface area contributed by atoms with Crippen molar-refractivity contribution in [3.63, 3.8) is 0 Å². The lowest BCUT2D eigenvalue weighted by Gasteiger charge is -2.29. The van der Waals surface area contributed by atoms with Crippen molar-refractivity contribution in [1.29, 1.82) is 0 Å². The Morgan fingerprint density at radius 3 is 1.78 bits per heavy atom. The Kier molecular flexibility index (Phi) is 12.0. The van der Waals surface area contributed by atoms with Crippen LogP contribution in [0.1, 0.15) is 141 Å². The molecular formula is C31H52O. The molecule has 2 aliphatic carbocycles. The summed E-state index contributed by atoms with van der Waals surface area (Å²) in [6.07, 6.45) is 25.5. The summed E-state index contributed by atoms with van der Waals surface area (Å²) in [4.78, 5) is 0. The predicted molar refractivity (Wildman–Crippen MR) is 140 cm³/mol. The molecule has 0 spiro atoms.